The highest BCUT2D eigenvalue weighted by atomic mass is 32.2. The van der Waals surface area contributed by atoms with Gasteiger partial charge in [-0.1, -0.05) is 0 Å². The van der Waals surface area contributed by atoms with Gasteiger partial charge in [0.1, 0.15) is 5.75 Å². The number of hydrogen-bond donors (Lipinski definition) is 1. The van der Waals surface area contributed by atoms with Gasteiger partial charge in [0.15, 0.2) is 14.9 Å². The van der Waals surface area contributed by atoms with Crippen LogP contribution in [0.2, 0.25) is 0 Å². The van der Waals surface area contributed by atoms with Gasteiger partial charge in [-0.15, -0.1) is 0 Å². The third-order valence-corrected chi connectivity index (χ3v) is 6.76. The number of hydrogen-bond acceptors (Lipinski definition) is 5. The van der Waals surface area contributed by atoms with Crippen molar-refractivity contribution in [2.24, 2.45) is 0 Å². The molecular weight excluding hydrogens is 360 g/mol. The lowest BCUT2D eigenvalue weighted by atomic mass is 10.2. The largest absolute Gasteiger partial charge is 0.497 e. The molecule has 0 spiro atoms. The van der Waals surface area contributed by atoms with Crippen molar-refractivity contribution < 1.29 is 17.9 Å². The van der Waals surface area contributed by atoms with Crippen LogP contribution < -0.4 is 10.1 Å². The average Bonchev–Trinajstić information content (AvgIpc) is 3.22. The van der Waals surface area contributed by atoms with E-state index in [0.717, 1.165) is 30.9 Å². The molecule has 138 valence electrons. The van der Waals surface area contributed by atoms with E-state index in [0.29, 0.717) is 18.1 Å². The molecule has 1 N–H and O–H groups in total. The van der Waals surface area contributed by atoms with Crippen molar-refractivity contribution in [3.05, 3.63) is 24.3 Å². The molecule has 0 bridgehead atoms. The van der Waals surface area contributed by atoms with Crippen LogP contribution >= 0.6 is 12.2 Å². The molecule has 0 saturated carbocycles. The molecule has 3 rings (SSSR count). The second kappa shape index (κ2) is 7.88. The van der Waals surface area contributed by atoms with E-state index < -0.39 is 9.84 Å². The maximum absolute atomic E-state index is 11.9. The summed E-state index contributed by atoms with van der Waals surface area (Å²) in [4.78, 5) is 2.00. The molecule has 25 heavy (non-hydrogen) atoms. The van der Waals surface area contributed by atoms with E-state index in [4.69, 9.17) is 21.7 Å². The molecule has 2 fully saturated rings. The predicted molar refractivity (Wildman–Crippen MR) is 102 cm³/mol. The summed E-state index contributed by atoms with van der Waals surface area (Å²) in [5.74, 6) is 1.16. The molecule has 2 atom stereocenters. The fraction of sp³-hybridized carbons (Fsp3) is 0.588. The summed E-state index contributed by atoms with van der Waals surface area (Å²) in [6.45, 7) is 1.39. The molecule has 0 unspecified atom stereocenters. The van der Waals surface area contributed by atoms with E-state index in [9.17, 15) is 8.42 Å². The fourth-order valence-corrected chi connectivity index (χ4v) is 5.37. The zero-order chi connectivity index (χ0) is 17.9. The van der Waals surface area contributed by atoms with Gasteiger partial charge in [0.25, 0.3) is 0 Å². The first-order valence-corrected chi connectivity index (χ1v) is 10.7. The predicted octanol–water partition coefficient (Wildman–Crippen LogP) is 2.06. The molecule has 2 aliphatic rings. The molecule has 2 heterocycles. The number of methoxy groups -OCH3 is 1. The molecule has 8 heteroatoms. The molecule has 0 amide bonds. The summed E-state index contributed by atoms with van der Waals surface area (Å²) in [6.07, 6.45) is 2.75. The van der Waals surface area contributed by atoms with E-state index in [-0.39, 0.29) is 23.7 Å². The summed E-state index contributed by atoms with van der Waals surface area (Å²) in [6, 6.07) is 7.40. The average molecular weight is 385 g/mol. The quantitative estimate of drug-likeness (QED) is 0.780. The van der Waals surface area contributed by atoms with Gasteiger partial charge in [-0.2, -0.15) is 0 Å². The van der Waals surface area contributed by atoms with Gasteiger partial charge < -0.3 is 19.7 Å². The van der Waals surface area contributed by atoms with Crippen LogP contribution in [0.5, 0.6) is 5.75 Å². The minimum atomic E-state index is -2.98. The van der Waals surface area contributed by atoms with E-state index in [1.807, 2.05) is 29.2 Å². The van der Waals surface area contributed by atoms with Crippen LogP contribution in [0.4, 0.5) is 5.69 Å². The van der Waals surface area contributed by atoms with Crippen molar-refractivity contribution in [1.29, 1.82) is 0 Å². The minimum absolute atomic E-state index is 0.0903. The number of benzene rings is 1. The number of anilines is 1. The summed E-state index contributed by atoms with van der Waals surface area (Å²) in [7, 11) is -1.35. The Morgan fingerprint density at radius 3 is 2.68 bits per heavy atom. The second-order valence-electron chi connectivity index (χ2n) is 6.50. The summed E-state index contributed by atoms with van der Waals surface area (Å²) >= 11 is 5.60. The molecular formula is C17H24N2O4S2. The van der Waals surface area contributed by atoms with Crippen molar-refractivity contribution in [3.8, 4) is 5.75 Å². The number of rotatable bonds is 5. The summed E-state index contributed by atoms with van der Waals surface area (Å²) < 4.78 is 34.7. The van der Waals surface area contributed by atoms with Gasteiger partial charge in [-0.3, -0.25) is 0 Å². The minimum Gasteiger partial charge on any atom is -0.497 e. The first kappa shape index (κ1) is 18.4. The first-order valence-electron chi connectivity index (χ1n) is 8.50. The molecule has 1 aromatic carbocycles. The maximum Gasteiger partial charge on any atom is 0.173 e. The maximum atomic E-state index is 11.9. The Kier molecular flexibility index (Phi) is 5.81. The zero-order valence-electron chi connectivity index (χ0n) is 14.3. The van der Waals surface area contributed by atoms with Gasteiger partial charge in [0.05, 0.1) is 24.7 Å². The standard InChI is InChI=1S/C17H24N2O4S2/c1-22-15-6-4-13(5-7-15)18-17(24)19(11-16-3-2-9-23-16)14-8-10-25(20,21)12-14/h4-7,14,16H,2-3,8-12H2,1H3,(H,18,24)/t14-,16-/m1/s1. The number of nitrogens with one attached hydrogen (secondary N) is 1. The lowest BCUT2D eigenvalue weighted by Crippen LogP contribution is -2.47. The van der Waals surface area contributed by atoms with Crippen LogP contribution in [0.15, 0.2) is 24.3 Å². The summed E-state index contributed by atoms with van der Waals surface area (Å²) in [5, 5.41) is 3.77. The topological polar surface area (TPSA) is 67.9 Å². The van der Waals surface area contributed by atoms with Gasteiger partial charge >= 0.3 is 0 Å². The van der Waals surface area contributed by atoms with Crippen molar-refractivity contribution in [2.45, 2.75) is 31.4 Å². The second-order valence-corrected chi connectivity index (χ2v) is 9.12. The van der Waals surface area contributed by atoms with Crippen molar-refractivity contribution in [2.75, 3.05) is 37.1 Å². The first-order chi connectivity index (χ1) is 12.0. The zero-order valence-corrected chi connectivity index (χ0v) is 15.9. The highest BCUT2D eigenvalue weighted by Crippen LogP contribution is 2.23. The fourth-order valence-electron chi connectivity index (χ4n) is 3.30. The highest BCUT2D eigenvalue weighted by Gasteiger charge is 2.35. The molecule has 6 nitrogen and oxygen atoms in total. The Labute approximate surface area is 154 Å². The normalized spacial score (nSPS) is 24.8. The molecule has 0 aromatic heterocycles. The number of ether oxygens (including phenoxy) is 2. The molecule has 2 aliphatic heterocycles. The van der Waals surface area contributed by atoms with Crippen LogP contribution in [-0.2, 0) is 14.6 Å². The third-order valence-electron chi connectivity index (χ3n) is 4.68. The van der Waals surface area contributed by atoms with Crippen molar-refractivity contribution >= 4 is 32.9 Å². The highest BCUT2D eigenvalue weighted by molar-refractivity contribution is 7.91. The van der Waals surface area contributed by atoms with Crippen molar-refractivity contribution in [1.82, 2.24) is 4.90 Å². The van der Waals surface area contributed by atoms with Gasteiger partial charge in [-0.25, -0.2) is 8.42 Å². The smallest absolute Gasteiger partial charge is 0.173 e. The van der Waals surface area contributed by atoms with Crippen LogP contribution in [0, 0.1) is 0 Å². The Bertz CT molecular complexity index is 700. The van der Waals surface area contributed by atoms with Crippen LogP contribution in [0.1, 0.15) is 19.3 Å². The van der Waals surface area contributed by atoms with Crippen LogP contribution in [0.25, 0.3) is 0 Å². The van der Waals surface area contributed by atoms with Gasteiger partial charge in [0.2, 0.25) is 0 Å². The van der Waals surface area contributed by atoms with Gasteiger partial charge in [0, 0.05) is 24.9 Å². The molecule has 0 aliphatic carbocycles. The Balaban J connectivity index is 1.71. The van der Waals surface area contributed by atoms with E-state index in [2.05, 4.69) is 5.32 Å². The van der Waals surface area contributed by atoms with E-state index in [1.165, 1.54) is 0 Å². The van der Waals surface area contributed by atoms with E-state index in [1.54, 1.807) is 7.11 Å². The van der Waals surface area contributed by atoms with Gasteiger partial charge in [-0.05, 0) is 55.7 Å². The third kappa shape index (κ3) is 4.83. The van der Waals surface area contributed by atoms with E-state index >= 15 is 0 Å². The Morgan fingerprint density at radius 1 is 1.36 bits per heavy atom. The Hall–Kier alpha value is -1.38. The SMILES string of the molecule is COc1ccc(NC(=S)N(C[C@H]2CCCO2)[C@@H]2CCS(=O)(=O)C2)cc1. The molecule has 0 radical (unpaired) electrons. The Morgan fingerprint density at radius 2 is 2.12 bits per heavy atom. The van der Waals surface area contributed by atoms with Crippen LogP contribution in [0.3, 0.4) is 0 Å². The summed E-state index contributed by atoms with van der Waals surface area (Å²) in [5.41, 5.74) is 0.851. The molecule has 1 aromatic rings. The van der Waals surface area contributed by atoms with Crippen molar-refractivity contribution in [3.63, 3.8) is 0 Å². The lowest BCUT2D eigenvalue weighted by molar-refractivity contribution is 0.0851. The number of sulfone groups is 1. The molecule has 2 saturated heterocycles. The number of nitrogens with zero attached hydrogens (tertiary/aromatic N) is 1. The number of thiocarbonyl (C=S) groups is 1. The monoisotopic (exact) mass is 384 g/mol. The lowest BCUT2D eigenvalue weighted by Gasteiger charge is -2.33. The van der Waals surface area contributed by atoms with Crippen LogP contribution in [-0.4, -0.2) is 62.3 Å².